The number of anilines is 1. The molecule has 1 saturated heterocycles. The lowest BCUT2D eigenvalue weighted by molar-refractivity contribution is 0.205. The number of likely N-dealkylation sites (tertiary alicyclic amines) is 1. The smallest absolute Gasteiger partial charge is 0.0515 e. The van der Waals surface area contributed by atoms with Gasteiger partial charge in [-0.1, -0.05) is 0 Å². The van der Waals surface area contributed by atoms with Crippen LogP contribution in [-0.2, 0) is 0 Å². The van der Waals surface area contributed by atoms with Gasteiger partial charge < -0.3 is 10.2 Å². The summed E-state index contributed by atoms with van der Waals surface area (Å²) < 4.78 is 0. The average molecular weight is 191 g/mol. The molecule has 14 heavy (non-hydrogen) atoms. The summed E-state index contributed by atoms with van der Waals surface area (Å²) in [6.07, 6.45) is 0. The van der Waals surface area contributed by atoms with Crippen LogP contribution >= 0.6 is 0 Å². The molecular weight excluding hydrogens is 174 g/mol. The predicted octanol–water partition coefficient (Wildman–Crippen LogP) is 1.42. The summed E-state index contributed by atoms with van der Waals surface area (Å²) in [5.41, 5.74) is 3.37. The van der Waals surface area contributed by atoms with Crippen molar-refractivity contribution in [2.75, 3.05) is 25.5 Å². The normalized spacial score (nSPS) is 17.9. The molecule has 2 heterocycles. The Bertz CT molecular complexity index is 309. The van der Waals surface area contributed by atoms with Crippen molar-refractivity contribution in [3.8, 4) is 0 Å². The van der Waals surface area contributed by atoms with Crippen LogP contribution in [-0.4, -0.2) is 36.1 Å². The summed E-state index contributed by atoms with van der Waals surface area (Å²) >= 11 is 0. The number of hydrogen-bond acceptors (Lipinski definition) is 3. The molecule has 1 aliphatic heterocycles. The predicted molar refractivity (Wildman–Crippen MR) is 58.6 cm³/mol. The van der Waals surface area contributed by atoms with Gasteiger partial charge in [0.1, 0.15) is 0 Å². The van der Waals surface area contributed by atoms with Gasteiger partial charge in [-0.2, -0.15) is 0 Å². The lowest BCUT2D eigenvalue weighted by Crippen LogP contribution is -2.52. The fourth-order valence-corrected chi connectivity index (χ4v) is 1.94. The molecule has 0 amide bonds. The van der Waals surface area contributed by atoms with E-state index >= 15 is 0 Å². The Morgan fingerprint density at radius 1 is 1.29 bits per heavy atom. The number of nitrogens with zero attached hydrogens (tertiary/aromatic N) is 2. The molecule has 1 fully saturated rings. The van der Waals surface area contributed by atoms with E-state index in [1.54, 1.807) is 0 Å². The van der Waals surface area contributed by atoms with Crippen LogP contribution < -0.4 is 5.32 Å². The van der Waals surface area contributed by atoms with E-state index in [9.17, 15) is 0 Å². The molecule has 3 heteroatoms. The maximum absolute atomic E-state index is 4.35. The zero-order valence-electron chi connectivity index (χ0n) is 9.04. The molecule has 0 unspecified atom stereocenters. The first kappa shape index (κ1) is 9.46. The van der Waals surface area contributed by atoms with Crippen molar-refractivity contribution >= 4 is 5.69 Å². The number of pyridine rings is 1. The van der Waals surface area contributed by atoms with Crippen LogP contribution in [0.15, 0.2) is 12.1 Å². The second kappa shape index (κ2) is 3.58. The highest BCUT2D eigenvalue weighted by Gasteiger charge is 2.22. The second-order valence-electron chi connectivity index (χ2n) is 4.20. The van der Waals surface area contributed by atoms with Crippen LogP contribution in [0.1, 0.15) is 11.4 Å². The molecule has 0 radical (unpaired) electrons. The van der Waals surface area contributed by atoms with E-state index < -0.39 is 0 Å². The van der Waals surface area contributed by atoms with Gasteiger partial charge in [0.15, 0.2) is 0 Å². The van der Waals surface area contributed by atoms with E-state index in [-0.39, 0.29) is 0 Å². The quantitative estimate of drug-likeness (QED) is 0.766. The Labute approximate surface area is 85.1 Å². The molecule has 2 rings (SSSR count). The highest BCUT2D eigenvalue weighted by atomic mass is 15.2. The van der Waals surface area contributed by atoms with E-state index in [2.05, 4.69) is 34.4 Å². The number of rotatable bonds is 2. The van der Waals surface area contributed by atoms with Crippen LogP contribution in [0.2, 0.25) is 0 Å². The van der Waals surface area contributed by atoms with Crippen molar-refractivity contribution in [3.05, 3.63) is 23.5 Å². The molecule has 0 saturated carbocycles. The minimum atomic E-state index is 0.612. The lowest BCUT2D eigenvalue weighted by Gasteiger charge is -2.37. The van der Waals surface area contributed by atoms with Gasteiger partial charge >= 0.3 is 0 Å². The molecule has 0 spiro atoms. The number of nitrogens with one attached hydrogen (secondary N) is 1. The van der Waals surface area contributed by atoms with Crippen LogP contribution in [0.4, 0.5) is 5.69 Å². The SMILES string of the molecule is Cc1cc(NC2CN(C)C2)cc(C)n1. The van der Waals surface area contributed by atoms with Crippen molar-refractivity contribution in [1.82, 2.24) is 9.88 Å². The van der Waals surface area contributed by atoms with Gasteiger partial charge in [0.25, 0.3) is 0 Å². The monoisotopic (exact) mass is 191 g/mol. The molecular formula is C11H17N3. The summed E-state index contributed by atoms with van der Waals surface area (Å²) in [7, 11) is 2.14. The molecule has 76 valence electrons. The lowest BCUT2D eigenvalue weighted by atomic mass is 10.1. The van der Waals surface area contributed by atoms with E-state index in [0.717, 1.165) is 24.5 Å². The van der Waals surface area contributed by atoms with Crippen molar-refractivity contribution in [2.24, 2.45) is 0 Å². The Morgan fingerprint density at radius 2 is 1.86 bits per heavy atom. The largest absolute Gasteiger partial charge is 0.380 e. The molecule has 1 aromatic heterocycles. The van der Waals surface area contributed by atoms with Gasteiger partial charge in [-0.15, -0.1) is 0 Å². The van der Waals surface area contributed by atoms with E-state index in [1.807, 2.05) is 13.8 Å². The van der Waals surface area contributed by atoms with E-state index in [1.165, 1.54) is 5.69 Å². The van der Waals surface area contributed by atoms with Crippen molar-refractivity contribution < 1.29 is 0 Å². The molecule has 0 atom stereocenters. The van der Waals surface area contributed by atoms with Gasteiger partial charge in [0, 0.05) is 30.2 Å². The van der Waals surface area contributed by atoms with Crippen LogP contribution in [0.3, 0.4) is 0 Å². The van der Waals surface area contributed by atoms with Gasteiger partial charge in [-0.25, -0.2) is 0 Å². The first-order chi connectivity index (χ1) is 6.63. The highest BCUT2D eigenvalue weighted by molar-refractivity contribution is 5.46. The molecule has 0 bridgehead atoms. The number of likely N-dealkylation sites (N-methyl/N-ethyl adjacent to an activating group) is 1. The topological polar surface area (TPSA) is 28.2 Å². The first-order valence-electron chi connectivity index (χ1n) is 5.04. The fraction of sp³-hybridized carbons (Fsp3) is 0.545. The van der Waals surface area contributed by atoms with Gasteiger partial charge in [0.2, 0.25) is 0 Å². The van der Waals surface area contributed by atoms with Crippen molar-refractivity contribution in [2.45, 2.75) is 19.9 Å². The fourth-order valence-electron chi connectivity index (χ4n) is 1.94. The van der Waals surface area contributed by atoms with E-state index in [4.69, 9.17) is 0 Å². The van der Waals surface area contributed by atoms with Crippen LogP contribution in [0, 0.1) is 13.8 Å². The summed E-state index contributed by atoms with van der Waals surface area (Å²) in [5.74, 6) is 0. The number of aromatic nitrogens is 1. The minimum Gasteiger partial charge on any atom is -0.380 e. The van der Waals surface area contributed by atoms with Gasteiger partial charge in [-0.3, -0.25) is 4.98 Å². The Kier molecular flexibility index (Phi) is 2.42. The second-order valence-corrected chi connectivity index (χ2v) is 4.20. The Morgan fingerprint density at radius 3 is 2.36 bits per heavy atom. The van der Waals surface area contributed by atoms with Gasteiger partial charge in [0.05, 0.1) is 6.04 Å². The summed E-state index contributed by atoms with van der Waals surface area (Å²) in [4.78, 5) is 6.65. The zero-order chi connectivity index (χ0) is 10.1. The summed E-state index contributed by atoms with van der Waals surface area (Å²) in [6, 6.07) is 4.82. The third-order valence-corrected chi connectivity index (χ3v) is 2.52. The standard InChI is InChI=1S/C11H17N3/c1-8-4-10(5-9(2)12-8)13-11-6-14(3)7-11/h4-5,11H,6-7H2,1-3H3,(H,12,13). The Hall–Kier alpha value is -1.09. The summed E-state index contributed by atoms with van der Waals surface area (Å²) in [5, 5.41) is 3.51. The van der Waals surface area contributed by atoms with Gasteiger partial charge in [-0.05, 0) is 33.0 Å². The van der Waals surface area contributed by atoms with Crippen molar-refractivity contribution in [3.63, 3.8) is 0 Å². The highest BCUT2D eigenvalue weighted by Crippen LogP contribution is 2.15. The third kappa shape index (κ3) is 2.04. The maximum atomic E-state index is 4.35. The first-order valence-corrected chi connectivity index (χ1v) is 5.04. The molecule has 0 aliphatic carbocycles. The minimum absolute atomic E-state index is 0.612. The van der Waals surface area contributed by atoms with Crippen LogP contribution in [0.25, 0.3) is 0 Å². The molecule has 1 N–H and O–H groups in total. The zero-order valence-corrected chi connectivity index (χ0v) is 9.04. The van der Waals surface area contributed by atoms with E-state index in [0.29, 0.717) is 6.04 Å². The van der Waals surface area contributed by atoms with Crippen molar-refractivity contribution in [1.29, 1.82) is 0 Å². The molecule has 0 aromatic carbocycles. The molecule has 1 aromatic rings. The average Bonchev–Trinajstić information content (AvgIpc) is 1.99. The number of hydrogen-bond donors (Lipinski definition) is 1. The number of aryl methyl sites for hydroxylation is 2. The third-order valence-electron chi connectivity index (χ3n) is 2.52. The van der Waals surface area contributed by atoms with Crippen LogP contribution in [0.5, 0.6) is 0 Å². The Balaban J connectivity index is 2.02. The maximum Gasteiger partial charge on any atom is 0.0515 e. The summed E-state index contributed by atoms with van der Waals surface area (Å²) in [6.45, 7) is 6.34. The molecule has 3 nitrogen and oxygen atoms in total. The molecule has 1 aliphatic rings.